The van der Waals surface area contributed by atoms with Gasteiger partial charge >= 0.3 is 0 Å². The standard InChI is InChI=1S/C16H16ClF2N/c1-2-20-15(11-6-8-13(18)9-7-11)10-12-4-3-5-14(19)16(12)17/h3-9,15,20H,2,10H2,1H3. The first-order chi connectivity index (χ1) is 9.61. The van der Waals surface area contributed by atoms with Crippen LogP contribution in [0.3, 0.4) is 0 Å². The molecule has 0 saturated heterocycles. The number of nitrogens with one attached hydrogen (secondary N) is 1. The smallest absolute Gasteiger partial charge is 0.142 e. The highest BCUT2D eigenvalue weighted by molar-refractivity contribution is 6.31. The molecule has 0 bridgehead atoms. The lowest BCUT2D eigenvalue weighted by atomic mass is 9.98. The third kappa shape index (κ3) is 3.56. The minimum atomic E-state index is -0.418. The molecule has 2 aromatic carbocycles. The van der Waals surface area contributed by atoms with E-state index in [1.165, 1.54) is 18.2 Å². The van der Waals surface area contributed by atoms with E-state index in [-0.39, 0.29) is 16.9 Å². The fourth-order valence-electron chi connectivity index (χ4n) is 2.18. The van der Waals surface area contributed by atoms with Crippen molar-refractivity contribution in [3.8, 4) is 0 Å². The molecular weight excluding hydrogens is 280 g/mol. The van der Waals surface area contributed by atoms with E-state index in [9.17, 15) is 8.78 Å². The average molecular weight is 296 g/mol. The van der Waals surface area contributed by atoms with Crippen LogP contribution in [0.25, 0.3) is 0 Å². The number of hydrogen-bond acceptors (Lipinski definition) is 1. The van der Waals surface area contributed by atoms with Gasteiger partial charge in [0.1, 0.15) is 11.6 Å². The zero-order valence-corrected chi connectivity index (χ0v) is 11.9. The van der Waals surface area contributed by atoms with Gasteiger partial charge in [0.05, 0.1) is 5.02 Å². The Morgan fingerprint density at radius 3 is 2.45 bits per heavy atom. The third-order valence-electron chi connectivity index (χ3n) is 3.18. The lowest BCUT2D eigenvalue weighted by Gasteiger charge is -2.19. The Labute approximate surface area is 122 Å². The monoisotopic (exact) mass is 295 g/mol. The normalized spacial score (nSPS) is 12.4. The van der Waals surface area contributed by atoms with Gasteiger partial charge in [0.25, 0.3) is 0 Å². The number of likely N-dealkylation sites (N-methyl/N-ethyl adjacent to an activating group) is 1. The Kier molecular flexibility index (Phi) is 5.10. The molecule has 0 aliphatic rings. The van der Waals surface area contributed by atoms with E-state index in [4.69, 9.17) is 11.6 Å². The summed E-state index contributed by atoms with van der Waals surface area (Å²) in [5.41, 5.74) is 1.69. The Bertz CT molecular complexity index is 569. The van der Waals surface area contributed by atoms with E-state index >= 15 is 0 Å². The van der Waals surface area contributed by atoms with Gasteiger partial charge in [0.15, 0.2) is 0 Å². The van der Waals surface area contributed by atoms with Gasteiger partial charge in [-0.1, -0.05) is 42.8 Å². The zero-order valence-electron chi connectivity index (χ0n) is 11.2. The van der Waals surface area contributed by atoms with Gasteiger partial charge in [-0.05, 0) is 42.3 Å². The SMILES string of the molecule is CCNC(Cc1cccc(F)c1Cl)c1ccc(F)cc1. The molecule has 1 unspecified atom stereocenters. The third-order valence-corrected chi connectivity index (χ3v) is 3.60. The van der Waals surface area contributed by atoms with Crippen molar-refractivity contribution in [1.29, 1.82) is 0 Å². The van der Waals surface area contributed by atoms with Gasteiger partial charge in [-0.3, -0.25) is 0 Å². The summed E-state index contributed by atoms with van der Waals surface area (Å²) in [7, 11) is 0. The van der Waals surface area contributed by atoms with Crippen molar-refractivity contribution in [1.82, 2.24) is 5.32 Å². The molecule has 0 saturated carbocycles. The molecule has 0 aliphatic heterocycles. The van der Waals surface area contributed by atoms with Crippen LogP contribution in [0.5, 0.6) is 0 Å². The van der Waals surface area contributed by atoms with Crippen LogP contribution >= 0.6 is 11.6 Å². The second-order valence-electron chi connectivity index (χ2n) is 4.58. The van der Waals surface area contributed by atoms with Crippen molar-refractivity contribution in [2.45, 2.75) is 19.4 Å². The van der Waals surface area contributed by atoms with Crippen molar-refractivity contribution in [2.75, 3.05) is 6.54 Å². The molecular formula is C16H16ClF2N. The summed E-state index contributed by atoms with van der Waals surface area (Å²) in [5, 5.41) is 3.46. The summed E-state index contributed by atoms with van der Waals surface area (Å²) in [4.78, 5) is 0. The molecule has 1 atom stereocenters. The molecule has 0 heterocycles. The maximum absolute atomic E-state index is 13.5. The predicted octanol–water partition coefficient (Wildman–Crippen LogP) is 4.51. The maximum atomic E-state index is 13.5. The van der Waals surface area contributed by atoms with Gasteiger partial charge in [0.2, 0.25) is 0 Å². The van der Waals surface area contributed by atoms with E-state index in [1.807, 2.05) is 6.92 Å². The average Bonchev–Trinajstić information content (AvgIpc) is 2.44. The van der Waals surface area contributed by atoms with Gasteiger partial charge < -0.3 is 5.32 Å². The highest BCUT2D eigenvalue weighted by atomic mass is 35.5. The summed E-state index contributed by atoms with van der Waals surface area (Å²) in [6.07, 6.45) is 0.552. The number of benzene rings is 2. The van der Waals surface area contributed by atoms with Crippen molar-refractivity contribution >= 4 is 11.6 Å². The number of halogens is 3. The Morgan fingerprint density at radius 1 is 1.10 bits per heavy atom. The molecule has 1 nitrogen and oxygen atoms in total. The molecule has 2 aromatic rings. The summed E-state index contributed by atoms with van der Waals surface area (Å²) in [6, 6.07) is 11.1. The summed E-state index contributed by atoms with van der Waals surface area (Å²) in [5.74, 6) is -0.689. The van der Waals surface area contributed by atoms with Gasteiger partial charge in [-0.15, -0.1) is 0 Å². The molecule has 2 rings (SSSR count). The molecule has 0 amide bonds. The first kappa shape index (κ1) is 14.9. The van der Waals surface area contributed by atoms with Gasteiger partial charge in [0, 0.05) is 6.04 Å². The highest BCUT2D eigenvalue weighted by Crippen LogP contribution is 2.25. The molecule has 20 heavy (non-hydrogen) atoms. The fraction of sp³-hybridized carbons (Fsp3) is 0.250. The predicted molar refractivity (Wildman–Crippen MR) is 77.9 cm³/mol. The van der Waals surface area contributed by atoms with Crippen LogP contribution in [0.15, 0.2) is 42.5 Å². The molecule has 4 heteroatoms. The van der Waals surface area contributed by atoms with Gasteiger partial charge in [-0.25, -0.2) is 8.78 Å². The van der Waals surface area contributed by atoms with E-state index in [0.717, 1.165) is 17.7 Å². The zero-order chi connectivity index (χ0) is 14.5. The maximum Gasteiger partial charge on any atom is 0.142 e. The minimum absolute atomic E-state index is 0.0279. The summed E-state index contributed by atoms with van der Waals surface area (Å²) < 4.78 is 26.5. The Balaban J connectivity index is 2.25. The first-order valence-electron chi connectivity index (χ1n) is 6.53. The van der Waals surface area contributed by atoms with Crippen LogP contribution < -0.4 is 5.32 Å². The quantitative estimate of drug-likeness (QED) is 0.855. The molecule has 0 fully saturated rings. The second kappa shape index (κ2) is 6.82. The molecule has 1 N–H and O–H groups in total. The lowest BCUT2D eigenvalue weighted by molar-refractivity contribution is 0.544. The molecule has 0 radical (unpaired) electrons. The number of rotatable bonds is 5. The number of hydrogen-bond donors (Lipinski definition) is 1. The molecule has 0 aromatic heterocycles. The van der Waals surface area contributed by atoms with Crippen LogP contribution in [0.1, 0.15) is 24.1 Å². The minimum Gasteiger partial charge on any atom is -0.310 e. The van der Waals surface area contributed by atoms with Crippen LogP contribution in [0.2, 0.25) is 5.02 Å². The lowest BCUT2D eigenvalue weighted by Crippen LogP contribution is -2.23. The second-order valence-corrected chi connectivity index (χ2v) is 4.96. The van der Waals surface area contributed by atoms with Crippen molar-refractivity contribution in [3.63, 3.8) is 0 Å². The van der Waals surface area contributed by atoms with Gasteiger partial charge in [-0.2, -0.15) is 0 Å². The van der Waals surface area contributed by atoms with E-state index < -0.39 is 5.82 Å². The van der Waals surface area contributed by atoms with Crippen LogP contribution in [-0.2, 0) is 6.42 Å². The van der Waals surface area contributed by atoms with Crippen molar-refractivity contribution in [2.24, 2.45) is 0 Å². The Hall–Kier alpha value is -1.45. The largest absolute Gasteiger partial charge is 0.310 e. The summed E-state index contributed by atoms with van der Waals surface area (Å²) in [6.45, 7) is 2.75. The van der Waals surface area contributed by atoms with Crippen LogP contribution in [0, 0.1) is 11.6 Å². The van der Waals surface area contributed by atoms with Crippen molar-refractivity contribution in [3.05, 3.63) is 70.2 Å². The molecule has 0 aliphatic carbocycles. The van der Waals surface area contributed by atoms with Crippen LogP contribution in [-0.4, -0.2) is 6.54 Å². The van der Waals surface area contributed by atoms with E-state index in [2.05, 4.69) is 5.32 Å². The van der Waals surface area contributed by atoms with Crippen LogP contribution in [0.4, 0.5) is 8.78 Å². The van der Waals surface area contributed by atoms with Crippen molar-refractivity contribution < 1.29 is 8.78 Å². The molecule has 106 valence electrons. The fourth-order valence-corrected chi connectivity index (χ4v) is 2.38. The topological polar surface area (TPSA) is 12.0 Å². The Morgan fingerprint density at radius 2 is 1.80 bits per heavy atom. The summed E-state index contributed by atoms with van der Waals surface area (Å²) >= 11 is 5.99. The highest BCUT2D eigenvalue weighted by Gasteiger charge is 2.14. The van der Waals surface area contributed by atoms with E-state index in [0.29, 0.717) is 6.42 Å². The van der Waals surface area contributed by atoms with E-state index in [1.54, 1.807) is 24.3 Å². The first-order valence-corrected chi connectivity index (χ1v) is 6.91. The molecule has 0 spiro atoms.